The lowest BCUT2D eigenvalue weighted by Crippen LogP contribution is -2.19. The molecule has 0 fully saturated rings. The Morgan fingerprint density at radius 3 is 2.46 bits per heavy atom. The smallest absolute Gasteiger partial charge is 0.417 e. The van der Waals surface area contributed by atoms with Gasteiger partial charge in [0.25, 0.3) is 11.6 Å². The Labute approximate surface area is 134 Å². The number of non-ortho nitro benzene ring substituents is 1. The van der Waals surface area contributed by atoms with Crippen molar-refractivity contribution in [3.05, 3.63) is 63.7 Å². The van der Waals surface area contributed by atoms with Gasteiger partial charge >= 0.3 is 6.18 Å². The van der Waals surface area contributed by atoms with Gasteiger partial charge < -0.3 is 10.1 Å². The highest BCUT2D eigenvalue weighted by Crippen LogP contribution is 2.33. The maximum Gasteiger partial charge on any atom is 0.417 e. The van der Waals surface area contributed by atoms with Crippen LogP contribution in [0.25, 0.3) is 0 Å². The normalized spacial score (nSPS) is 11.0. The molecule has 9 heteroatoms. The van der Waals surface area contributed by atoms with E-state index in [1.165, 1.54) is 25.3 Å². The van der Waals surface area contributed by atoms with Gasteiger partial charge in [0.15, 0.2) is 0 Å². The van der Waals surface area contributed by atoms with Crippen LogP contribution in [0.3, 0.4) is 0 Å². The Hall–Kier alpha value is -3.10. The lowest BCUT2D eigenvalue weighted by Gasteiger charge is -2.14. The fourth-order valence-electron chi connectivity index (χ4n) is 2.01. The summed E-state index contributed by atoms with van der Waals surface area (Å²) in [5.41, 5.74) is -1.90. The van der Waals surface area contributed by atoms with Gasteiger partial charge in [-0.2, -0.15) is 13.2 Å². The van der Waals surface area contributed by atoms with Crippen molar-refractivity contribution in [3.63, 3.8) is 0 Å². The summed E-state index contributed by atoms with van der Waals surface area (Å²) >= 11 is 0. The predicted molar refractivity (Wildman–Crippen MR) is 79.0 cm³/mol. The van der Waals surface area contributed by atoms with Crippen molar-refractivity contribution in [3.8, 4) is 5.75 Å². The minimum absolute atomic E-state index is 0.0186. The van der Waals surface area contributed by atoms with E-state index < -0.39 is 28.1 Å². The number of nitrogens with zero attached hydrogens (tertiary/aromatic N) is 1. The number of hydrogen-bond acceptors (Lipinski definition) is 4. The molecule has 0 atom stereocenters. The Balaban J connectivity index is 2.36. The van der Waals surface area contributed by atoms with Crippen LogP contribution in [-0.4, -0.2) is 17.9 Å². The Morgan fingerprint density at radius 2 is 1.88 bits per heavy atom. The van der Waals surface area contributed by atoms with Crippen LogP contribution >= 0.6 is 0 Å². The second-order valence-electron chi connectivity index (χ2n) is 4.64. The first kappa shape index (κ1) is 17.3. The highest BCUT2D eigenvalue weighted by molar-refractivity contribution is 6.06. The summed E-state index contributed by atoms with van der Waals surface area (Å²) in [6.45, 7) is 0. The first-order valence-corrected chi connectivity index (χ1v) is 6.54. The van der Waals surface area contributed by atoms with Gasteiger partial charge in [0, 0.05) is 6.07 Å². The number of nitrogens with one attached hydrogen (secondary N) is 1. The molecule has 1 amide bonds. The molecule has 6 nitrogen and oxygen atoms in total. The zero-order valence-electron chi connectivity index (χ0n) is 12.3. The summed E-state index contributed by atoms with van der Waals surface area (Å²) in [6, 6.07) is 7.66. The number of alkyl halides is 3. The van der Waals surface area contributed by atoms with Crippen LogP contribution in [0.4, 0.5) is 24.5 Å². The van der Waals surface area contributed by atoms with E-state index >= 15 is 0 Å². The number of hydrogen-bond donors (Lipinski definition) is 1. The number of ether oxygens (including phenoxy) is 1. The van der Waals surface area contributed by atoms with E-state index in [9.17, 15) is 28.1 Å². The minimum atomic E-state index is -4.69. The molecule has 0 aromatic heterocycles. The number of carbonyl (C=O) groups is 1. The number of nitro benzene ring substituents is 1. The minimum Gasteiger partial charge on any atom is -0.494 e. The molecule has 2 aromatic rings. The van der Waals surface area contributed by atoms with Gasteiger partial charge in [-0.25, -0.2) is 0 Å². The second kappa shape index (κ2) is 6.57. The van der Waals surface area contributed by atoms with Crippen LogP contribution in [0.1, 0.15) is 15.9 Å². The zero-order chi connectivity index (χ0) is 17.9. The van der Waals surface area contributed by atoms with Gasteiger partial charge in [-0.05, 0) is 18.2 Å². The van der Waals surface area contributed by atoms with Crippen molar-refractivity contribution < 1.29 is 27.6 Å². The topological polar surface area (TPSA) is 81.5 Å². The quantitative estimate of drug-likeness (QED) is 0.676. The number of halogens is 3. The van der Waals surface area contributed by atoms with Crippen LogP contribution in [0, 0.1) is 10.1 Å². The van der Waals surface area contributed by atoms with Crippen LogP contribution in [0.15, 0.2) is 42.5 Å². The van der Waals surface area contributed by atoms with Crippen LogP contribution in [0.5, 0.6) is 5.75 Å². The van der Waals surface area contributed by atoms with Crippen molar-refractivity contribution in [2.45, 2.75) is 6.18 Å². The molecule has 126 valence electrons. The van der Waals surface area contributed by atoms with Crippen molar-refractivity contribution >= 4 is 17.3 Å². The average Bonchev–Trinajstić information content (AvgIpc) is 2.54. The number of rotatable bonds is 4. The fraction of sp³-hybridized carbons (Fsp3) is 0.133. The van der Waals surface area contributed by atoms with E-state index in [0.29, 0.717) is 0 Å². The molecule has 1 N–H and O–H groups in total. The maximum atomic E-state index is 13.0. The van der Waals surface area contributed by atoms with Crippen LogP contribution in [0.2, 0.25) is 0 Å². The number of amides is 1. The molecule has 24 heavy (non-hydrogen) atoms. The number of anilines is 1. The molecule has 0 heterocycles. The molecule has 0 unspecified atom stereocenters. The molecule has 0 aliphatic rings. The van der Waals surface area contributed by atoms with E-state index in [-0.39, 0.29) is 17.1 Å². The molecular weight excluding hydrogens is 329 g/mol. The van der Waals surface area contributed by atoms with Crippen LogP contribution < -0.4 is 10.1 Å². The Bertz CT molecular complexity index is 791. The summed E-state index contributed by atoms with van der Waals surface area (Å²) in [6.07, 6.45) is -4.69. The van der Waals surface area contributed by atoms with Gasteiger partial charge in [0.2, 0.25) is 0 Å². The van der Waals surface area contributed by atoms with Gasteiger partial charge in [-0.1, -0.05) is 12.1 Å². The molecule has 0 saturated heterocycles. The molecule has 0 radical (unpaired) electrons. The highest BCUT2D eigenvalue weighted by Gasteiger charge is 2.35. The lowest BCUT2D eigenvalue weighted by molar-refractivity contribution is -0.384. The summed E-state index contributed by atoms with van der Waals surface area (Å²) in [5, 5.41) is 13.0. The van der Waals surface area contributed by atoms with Gasteiger partial charge in [0.1, 0.15) is 5.75 Å². The van der Waals surface area contributed by atoms with E-state index in [1.54, 1.807) is 0 Å². The number of carbonyl (C=O) groups excluding carboxylic acids is 1. The van der Waals surface area contributed by atoms with Gasteiger partial charge in [-0.3, -0.25) is 14.9 Å². The molecule has 0 aliphatic heterocycles. The van der Waals surface area contributed by atoms with E-state index in [2.05, 4.69) is 5.32 Å². The summed E-state index contributed by atoms with van der Waals surface area (Å²) in [7, 11) is 1.22. The van der Waals surface area contributed by atoms with Crippen molar-refractivity contribution in [2.75, 3.05) is 12.4 Å². The van der Waals surface area contributed by atoms with Gasteiger partial charge in [0.05, 0.1) is 34.9 Å². The first-order valence-electron chi connectivity index (χ1n) is 6.54. The largest absolute Gasteiger partial charge is 0.494 e. The summed E-state index contributed by atoms with van der Waals surface area (Å²) in [4.78, 5) is 22.2. The predicted octanol–water partition coefficient (Wildman–Crippen LogP) is 3.87. The molecular formula is C15H11F3N2O4. The number of nitro groups is 1. The summed E-state index contributed by atoms with van der Waals surface area (Å²) in [5.74, 6) is -1.04. The first-order chi connectivity index (χ1) is 11.2. The van der Waals surface area contributed by atoms with Gasteiger partial charge in [-0.15, -0.1) is 0 Å². The number of methoxy groups -OCH3 is 1. The van der Waals surface area contributed by atoms with Crippen molar-refractivity contribution in [1.29, 1.82) is 0 Å². The molecule has 0 aliphatic carbocycles. The van der Waals surface area contributed by atoms with E-state index in [4.69, 9.17) is 4.74 Å². The summed E-state index contributed by atoms with van der Waals surface area (Å²) < 4.78 is 43.8. The van der Waals surface area contributed by atoms with Crippen molar-refractivity contribution in [1.82, 2.24) is 0 Å². The molecule has 0 spiro atoms. The van der Waals surface area contributed by atoms with E-state index in [0.717, 1.165) is 24.3 Å². The monoisotopic (exact) mass is 340 g/mol. The molecule has 2 aromatic carbocycles. The third kappa shape index (κ3) is 3.62. The standard InChI is InChI=1S/C15H11F3N2O4/c1-24-13-8-9(20(22)23)6-7-12(13)19-14(21)10-4-2-3-5-11(10)15(16,17)18/h2-8H,1H3,(H,19,21). The SMILES string of the molecule is COc1cc([N+](=O)[O-])ccc1NC(=O)c1ccccc1C(F)(F)F. The highest BCUT2D eigenvalue weighted by atomic mass is 19.4. The molecule has 0 saturated carbocycles. The average molecular weight is 340 g/mol. The lowest BCUT2D eigenvalue weighted by atomic mass is 10.1. The van der Waals surface area contributed by atoms with Crippen LogP contribution in [-0.2, 0) is 6.18 Å². The third-order valence-corrected chi connectivity index (χ3v) is 3.12. The number of benzene rings is 2. The Morgan fingerprint density at radius 1 is 1.21 bits per heavy atom. The molecule has 2 rings (SSSR count). The zero-order valence-corrected chi connectivity index (χ0v) is 12.3. The molecule has 0 bridgehead atoms. The Kier molecular flexibility index (Phi) is 4.72. The maximum absolute atomic E-state index is 13.0. The second-order valence-corrected chi connectivity index (χ2v) is 4.64. The third-order valence-electron chi connectivity index (χ3n) is 3.12. The fourth-order valence-corrected chi connectivity index (χ4v) is 2.01. The van der Waals surface area contributed by atoms with Crippen molar-refractivity contribution in [2.24, 2.45) is 0 Å². The van der Waals surface area contributed by atoms with E-state index in [1.807, 2.05) is 0 Å².